The van der Waals surface area contributed by atoms with Crippen LogP contribution in [-0.4, -0.2) is 25.4 Å². The van der Waals surface area contributed by atoms with Crippen molar-refractivity contribution < 1.29 is 0 Å². The maximum Gasteiger partial charge on any atom is -0.000347 e. The van der Waals surface area contributed by atoms with Crippen molar-refractivity contribution in [3.05, 3.63) is 121 Å². The second-order valence-corrected chi connectivity index (χ2v) is 12.4. The molecule has 0 saturated carbocycles. The van der Waals surface area contributed by atoms with Gasteiger partial charge in [-0.15, -0.1) is 0 Å². The Morgan fingerprint density at radius 1 is 0.406 bits per heavy atom. The van der Waals surface area contributed by atoms with Gasteiger partial charge in [-0.3, -0.25) is 0 Å². The van der Waals surface area contributed by atoms with Crippen molar-refractivity contribution >= 4 is 37.1 Å². The SMILES string of the molecule is c1ccc(P(CCCNCCP(c2ccccc2)c2ccccc2)c2ccccc2)cc1. The summed E-state index contributed by atoms with van der Waals surface area (Å²) in [4.78, 5) is 0. The minimum absolute atomic E-state index is 0.292. The fourth-order valence-electron chi connectivity index (χ4n) is 3.92. The molecule has 0 aliphatic carbocycles. The van der Waals surface area contributed by atoms with E-state index in [1.54, 1.807) is 0 Å². The van der Waals surface area contributed by atoms with Gasteiger partial charge in [0, 0.05) is 0 Å². The third kappa shape index (κ3) is 6.60. The lowest BCUT2D eigenvalue weighted by Gasteiger charge is -2.20. The molecule has 4 aromatic carbocycles. The molecule has 0 aliphatic rings. The molecule has 0 spiro atoms. The first kappa shape index (κ1) is 22.9. The average molecular weight is 456 g/mol. The van der Waals surface area contributed by atoms with Gasteiger partial charge in [0.15, 0.2) is 0 Å². The zero-order valence-corrected chi connectivity index (χ0v) is 20.3. The Hall–Kier alpha value is -2.30. The Bertz CT molecular complexity index is 858. The standard InChI is InChI=1S/C29H31NP2/c1-5-14-26(15-6-1)31(27-16-7-2-8-17-27)24-13-22-30-23-25-32(28-18-9-3-10-19-28)29-20-11-4-12-21-29/h1-12,14-21,30H,13,22-25H2. The highest BCUT2D eigenvalue weighted by Gasteiger charge is 2.14. The van der Waals surface area contributed by atoms with Crippen molar-refractivity contribution in [2.24, 2.45) is 0 Å². The van der Waals surface area contributed by atoms with Crippen LogP contribution in [0.15, 0.2) is 121 Å². The highest BCUT2D eigenvalue weighted by molar-refractivity contribution is 7.73. The quantitative estimate of drug-likeness (QED) is 0.241. The van der Waals surface area contributed by atoms with Crippen LogP contribution in [0.2, 0.25) is 0 Å². The molecule has 0 heterocycles. The predicted molar refractivity (Wildman–Crippen MR) is 145 cm³/mol. The van der Waals surface area contributed by atoms with Crippen LogP contribution in [0.25, 0.3) is 0 Å². The highest BCUT2D eigenvalue weighted by Crippen LogP contribution is 2.34. The summed E-state index contributed by atoms with van der Waals surface area (Å²) >= 11 is 0. The van der Waals surface area contributed by atoms with E-state index in [1.807, 2.05) is 0 Å². The van der Waals surface area contributed by atoms with Gasteiger partial charge in [-0.05, 0) is 68.9 Å². The van der Waals surface area contributed by atoms with Gasteiger partial charge >= 0.3 is 0 Å². The lowest BCUT2D eigenvalue weighted by Crippen LogP contribution is -2.24. The van der Waals surface area contributed by atoms with Crippen LogP contribution in [0.4, 0.5) is 0 Å². The third-order valence-corrected chi connectivity index (χ3v) is 10.6. The second kappa shape index (κ2) is 12.7. The lowest BCUT2D eigenvalue weighted by molar-refractivity contribution is 0.710. The van der Waals surface area contributed by atoms with Crippen molar-refractivity contribution in [2.75, 3.05) is 25.4 Å². The van der Waals surface area contributed by atoms with Gasteiger partial charge in [0.25, 0.3) is 0 Å². The van der Waals surface area contributed by atoms with Crippen molar-refractivity contribution in [3.8, 4) is 0 Å². The lowest BCUT2D eigenvalue weighted by atomic mass is 10.4. The average Bonchev–Trinajstić information content (AvgIpc) is 2.88. The fourth-order valence-corrected chi connectivity index (χ4v) is 8.54. The largest absolute Gasteiger partial charge is 0.316 e. The topological polar surface area (TPSA) is 12.0 Å². The van der Waals surface area contributed by atoms with E-state index in [0.29, 0.717) is 0 Å². The third-order valence-electron chi connectivity index (χ3n) is 5.52. The first-order valence-electron chi connectivity index (χ1n) is 11.4. The molecule has 0 aliphatic heterocycles. The molecule has 0 amide bonds. The molecule has 1 nitrogen and oxygen atoms in total. The van der Waals surface area contributed by atoms with Gasteiger partial charge in [0.1, 0.15) is 0 Å². The van der Waals surface area contributed by atoms with Gasteiger partial charge in [-0.2, -0.15) is 0 Å². The molecule has 0 saturated heterocycles. The maximum atomic E-state index is 3.74. The number of hydrogen-bond donors (Lipinski definition) is 1. The summed E-state index contributed by atoms with van der Waals surface area (Å²) in [5.41, 5.74) is 0. The second-order valence-electron chi connectivity index (χ2n) is 7.75. The van der Waals surface area contributed by atoms with E-state index in [0.717, 1.165) is 13.1 Å². The molecule has 0 unspecified atom stereocenters. The van der Waals surface area contributed by atoms with Crippen LogP contribution in [0.3, 0.4) is 0 Å². The van der Waals surface area contributed by atoms with E-state index in [-0.39, 0.29) is 15.8 Å². The summed E-state index contributed by atoms with van der Waals surface area (Å²) in [6.07, 6.45) is 3.60. The zero-order chi connectivity index (χ0) is 21.8. The van der Waals surface area contributed by atoms with Crippen LogP contribution in [-0.2, 0) is 0 Å². The molecule has 4 aromatic rings. The molecule has 3 heteroatoms. The summed E-state index contributed by atoms with van der Waals surface area (Å²) in [5.74, 6) is 0. The minimum Gasteiger partial charge on any atom is -0.316 e. The molecule has 0 aromatic heterocycles. The first-order valence-corrected chi connectivity index (χ1v) is 14.4. The van der Waals surface area contributed by atoms with E-state index in [1.165, 1.54) is 40.0 Å². The van der Waals surface area contributed by atoms with Gasteiger partial charge in [-0.1, -0.05) is 121 Å². The molecule has 1 N–H and O–H groups in total. The molecule has 32 heavy (non-hydrogen) atoms. The van der Waals surface area contributed by atoms with Crippen molar-refractivity contribution in [2.45, 2.75) is 6.42 Å². The van der Waals surface area contributed by atoms with E-state index in [2.05, 4.69) is 127 Å². The van der Waals surface area contributed by atoms with Crippen LogP contribution < -0.4 is 26.5 Å². The normalized spacial score (nSPS) is 11.2. The van der Waals surface area contributed by atoms with Crippen LogP contribution in [0.1, 0.15) is 6.42 Å². The van der Waals surface area contributed by atoms with Crippen LogP contribution in [0.5, 0.6) is 0 Å². The Morgan fingerprint density at radius 2 is 0.750 bits per heavy atom. The molecule has 0 radical (unpaired) electrons. The fraction of sp³-hybridized carbons (Fsp3) is 0.172. The van der Waals surface area contributed by atoms with Gasteiger partial charge in [-0.25, -0.2) is 0 Å². The Labute approximate surface area is 195 Å². The van der Waals surface area contributed by atoms with Crippen molar-refractivity contribution in [1.82, 2.24) is 5.32 Å². The molecular formula is C29H31NP2. The van der Waals surface area contributed by atoms with E-state index >= 15 is 0 Å². The van der Waals surface area contributed by atoms with E-state index in [9.17, 15) is 0 Å². The summed E-state index contributed by atoms with van der Waals surface area (Å²) in [6, 6.07) is 44.1. The van der Waals surface area contributed by atoms with Gasteiger partial charge < -0.3 is 5.32 Å². The van der Waals surface area contributed by atoms with Gasteiger partial charge in [0.2, 0.25) is 0 Å². The summed E-state index contributed by atoms with van der Waals surface area (Å²) in [7, 11) is -0.607. The molecule has 162 valence electrons. The molecule has 0 bridgehead atoms. The minimum atomic E-state index is -0.315. The number of hydrogen-bond acceptors (Lipinski definition) is 1. The number of benzene rings is 4. The van der Waals surface area contributed by atoms with Crippen molar-refractivity contribution in [1.29, 1.82) is 0 Å². The molecule has 0 fully saturated rings. The maximum absolute atomic E-state index is 3.74. The van der Waals surface area contributed by atoms with Crippen LogP contribution in [0, 0.1) is 0 Å². The van der Waals surface area contributed by atoms with E-state index in [4.69, 9.17) is 0 Å². The van der Waals surface area contributed by atoms with Crippen molar-refractivity contribution in [3.63, 3.8) is 0 Å². The monoisotopic (exact) mass is 455 g/mol. The Balaban J connectivity index is 1.31. The molecular weight excluding hydrogens is 424 g/mol. The molecule has 0 atom stereocenters. The first-order chi connectivity index (χ1) is 15.9. The number of nitrogens with one attached hydrogen (secondary N) is 1. The number of rotatable bonds is 11. The van der Waals surface area contributed by atoms with Crippen LogP contribution >= 0.6 is 15.8 Å². The summed E-state index contributed by atoms with van der Waals surface area (Å²) in [5, 5.41) is 9.62. The smallest absolute Gasteiger partial charge is 0.000347 e. The van der Waals surface area contributed by atoms with Gasteiger partial charge in [0.05, 0.1) is 0 Å². The highest BCUT2D eigenvalue weighted by atomic mass is 31.1. The Morgan fingerprint density at radius 3 is 1.12 bits per heavy atom. The Kier molecular flexibility index (Phi) is 9.05. The summed E-state index contributed by atoms with van der Waals surface area (Å²) < 4.78 is 0. The summed E-state index contributed by atoms with van der Waals surface area (Å²) in [6.45, 7) is 2.13. The van der Waals surface area contributed by atoms with E-state index < -0.39 is 0 Å². The predicted octanol–water partition coefficient (Wildman–Crippen LogP) is 5.23. The molecule has 4 rings (SSSR count). The zero-order valence-electron chi connectivity index (χ0n) is 18.5.